The van der Waals surface area contributed by atoms with Gasteiger partial charge in [-0.15, -0.1) is 0 Å². The number of pyridine rings is 1. The molecule has 2 atom stereocenters. The molecule has 1 aliphatic heterocycles. The van der Waals surface area contributed by atoms with Gasteiger partial charge < -0.3 is 14.8 Å². The molecule has 0 radical (unpaired) electrons. The molecule has 4 rings (SSSR count). The third-order valence-corrected chi connectivity index (χ3v) is 5.07. The summed E-state index contributed by atoms with van der Waals surface area (Å²) in [6.07, 6.45) is 0.527. The lowest BCUT2D eigenvalue weighted by Gasteiger charge is -2.23. The Kier molecular flexibility index (Phi) is 4.97. The molecule has 0 spiro atoms. The Balaban J connectivity index is 1.47. The van der Waals surface area contributed by atoms with Crippen molar-refractivity contribution in [1.82, 2.24) is 4.98 Å². The molecule has 1 aliphatic rings. The van der Waals surface area contributed by atoms with Crippen LogP contribution in [0.15, 0.2) is 66.7 Å². The Morgan fingerprint density at radius 1 is 1.03 bits per heavy atom. The second kappa shape index (κ2) is 7.59. The fourth-order valence-electron chi connectivity index (χ4n) is 3.69. The van der Waals surface area contributed by atoms with Gasteiger partial charge in [0.25, 0.3) is 0 Å². The molecule has 29 heavy (non-hydrogen) atoms. The first kappa shape index (κ1) is 19.0. The molecule has 0 amide bonds. The van der Waals surface area contributed by atoms with Crippen molar-refractivity contribution in [2.75, 3.05) is 5.32 Å². The van der Waals surface area contributed by atoms with E-state index in [1.54, 1.807) is 0 Å². The van der Waals surface area contributed by atoms with Crippen LogP contribution in [0.5, 0.6) is 11.5 Å². The molecule has 2 heterocycles. The minimum Gasteiger partial charge on any atom is -0.457 e. The predicted molar refractivity (Wildman–Crippen MR) is 112 cm³/mol. The van der Waals surface area contributed by atoms with Gasteiger partial charge >= 0.3 is 5.97 Å². The van der Waals surface area contributed by atoms with Crippen molar-refractivity contribution in [3.05, 3.63) is 83.6 Å². The maximum Gasteiger partial charge on any atom is 0.329 e. The highest BCUT2D eigenvalue weighted by atomic mass is 16.6. The molecule has 0 saturated carbocycles. The summed E-state index contributed by atoms with van der Waals surface area (Å²) in [5.41, 5.74) is 2.25. The van der Waals surface area contributed by atoms with Crippen LogP contribution in [0, 0.1) is 13.8 Å². The van der Waals surface area contributed by atoms with Crippen LogP contribution in [0.3, 0.4) is 0 Å². The monoisotopic (exact) mass is 388 g/mol. The molecule has 3 aromatic rings. The smallest absolute Gasteiger partial charge is 0.329 e. The molecule has 1 aromatic heterocycles. The van der Waals surface area contributed by atoms with Crippen molar-refractivity contribution in [1.29, 1.82) is 0 Å². The molecule has 0 aliphatic carbocycles. The molecular formula is C24H24N2O3. The Bertz CT molecular complexity index is 998. The number of aryl methyl sites for hydroxylation is 2. The second-order valence-electron chi connectivity index (χ2n) is 7.66. The van der Waals surface area contributed by atoms with Gasteiger partial charge in [-0.3, -0.25) is 0 Å². The molecule has 5 heteroatoms. The zero-order valence-corrected chi connectivity index (χ0v) is 16.8. The van der Waals surface area contributed by atoms with Crippen LogP contribution < -0.4 is 10.1 Å². The number of esters is 1. The van der Waals surface area contributed by atoms with Gasteiger partial charge in [0.1, 0.15) is 29.0 Å². The van der Waals surface area contributed by atoms with Crippen LogP contribution in [-0.4, -0.2) is 17.0 Å². The molecular weight excluding hydrogens is 364 g/mol. The first-order valence-corrected chi connectivity index (χ1v) is 9.69. The highest BCUT2D eigenvalue weighted by molar-refractivity contribution is 5.82. The summed E-state index contributed by atoms with van der Waals surface area (Å²) in [7, 11) is 0. The summed E-state index contributed by atoms with van der Waals surface area (Å²) in [6, 6.07) is 20.8. The number of hydrogen-bond acceptors (Lipinski definition) is 5. The minimum atomic E-state index is -0.696. The van der Waals surface area contributed by atoms with E-state index in [2.05, 4.69) is 10.3 Å². The topological polar surface area (TPSA) is 60.5 Å². The normalized spacial score (nSPS) is 20.9. The van der Waals surface area contributed by atoms with Crippen molar-refractivity contribution < 1.29 is 14.3 Å². The number of carbonyl (C=O) groups is 1. The van der Waals surface area contributed by atoms with Crippen LogP contribution in [0.4, 0.5) is 5.82 Å². The Labute approximate surface area is 170 Å². The lowest BCUT2D eigenvalue weighted by atomic mass is 9.91. The van der Waals surface area contributed by atoms with Gasteiger partial charge in [0.2, 0.25) is 0 Å². The summed E-state index contributed by atoms with van der Waals surface area (Å²) in [4.78, 5) is 17.0. The Hall–Kier alpha value is -3.34. The number of hydrogen-bond donors (Lipinski definition) is 1. The summed E-state index contributed by atoms with van der Waals surface area (Å²) >= 11 is 0. The number of aromatic nitrogens is 1. The Morgan fingerprint density at radius 3 is 2.41 bits per heavy atom. The lowest BCUT2D eigenvalue weighted by molar-refractivity contribution is -0.148. The number of cyclic esters (lactones) is 1. The highest BCUT2D eigenvalue weighted by Crippen LogP contribution is 2.38. The molecule has 148 valence electrons. The summed E-state index contributed by atoms with van der Waals surface area (Å²) in [6.45, 7) is 5.89. The lowest BCUT2D eigenvalue weighted by Crippen LogP contribution is -2.25. The number of nitrogens with one attached hydrogen (secondary N) is 1. The van der Waals surface area contributed by atoms with Crippen molar-refractivity contribution in [2.45, 2.75) is 38.8 Å². The maximum absolute atomic E-state index is 12.5. The number of ether oxygens (including phenoxy) is 2. The SMILES string of the molecule is Cc1cc(C)nc(NC2CC(C)(c3ccc(Oc4ccccc4)cc3)OC2=O)c1. The van der Waals surface area contributed by atoms with Gasteiger partial charge in [-0.25, -0.2) is 9.78 Å². The number of nitrogens with zero attached hydrogens (tertiary/aromatic N) is 1. The summed E-state index contributed by atoms with van der Waals surface area (Å²) in [5.74, 6) is 1.95. The summed E-state index contributed by atoms with van der Waals surface area (Å²) < 4.78 is 11.6. The number of carbonyl (C=O) groups excluding carboxylic acids is 1. The third kappa shape index (κ3) is 4.24. The van der Waals surface area contributed by atoms with E-state index in [-0.39, 0.29) is 5.97 Å². The van der Waals surface area contributed by atoms with Crippen LogP contribution in [-0.2, 0) is 15.1 Å². The third-order valence-electron chi connectivity index (χ3n) is 5.07. The largest absolute Gasteiger partial charge is 0.457 e. The van der Waals surface area contributed by atoms with Crippen LogP contribution in [0.25, 0.3) is 0 Å². The molecule has 1 N–H and O–H groups in total. The molecule has 2 aromatic carbocycles. The van der Waals surface area contributed by atoms with E-state index < -0.39 is 11.6 Å². The average Bonchev–Trinajstić information content (AvgIpc) is 2.97. The fourth-order valence-corrected chi connectivity index (χ4v) is 3.69. The fraction of sp³-hybridized carbons (Fsp3) is 0.250. The highest BCUT2D eigenvalue weighted by Gasteiger charge is 2.44. The zero-order chi connectivity index (χ0) is 20.4. The zero-order valence-electron chi connectivity index (χ0n) is 16.8. The van der Waals surface area contributed by atoms with Gasteiger partial charge in [-0.2, -0.15) is 0 Å². The molecule has 5 nitrogen and oxygen atoms in total. The van der Waals surface area contributed by atoms with Gasteiger partial charge in [-0.05, 0) is 68.3 Å². The number of para-hydroxylation sites is 1. The molecule has 1 saturated heterocycles. The minimum absolute atomic E-state index is 0.266. The van der Waals surface area contributed by atoms with E-state index >= 15 is 0 Å². The first-order chi connectivity index (χ1) is 13.9. The van der Waals surface area contributed by atoms with E-state index in [9.17, 15) is 4.79 Å². The van der Waals surface area contributed by atoms with E-state index in [0.29, 0.717) is 12.2 Å². The van der Waals surface area contributed by atoms with E-state index in [1.807, 2.05) is 87.5 Å². The van der Waals surface area contributed by atoms with Crippen LogP contribution in [0.1, 0.15) is 30.2 Å². The van der Waals surface area contributed by atoms with Crippen LogP contribution >= 0.6 is 0 Å². The molecule has 0 bridgehead atoms. The van der Waals surface area contributed by atoms with Crippen molar-refractivity contribution in [2.24, 2.45) is 0 Å². The van der Waals surface area contributed by atoms with Crippen LogP contribution in [0.2, 0.25) is 0 Å². The van der Waals surface area contributed by atoms with E-state index in [1.165, 1.54) is 0 Å². The number of rotatable bonds is 5. The average molecular weight is 388 g/mol. The van der Waals surface area contributed by atoms with E-state index in [4.69, 9.17) is 9.47 Å². The van der Waals surface area contributed by atoms with Crippen molar-refractivity contribution in [3.63, 3.8) is 0 Å². The van der Waals surface area contributed by atoms with Crippen molar-refractivity contribution in [3.8, 4) is 11.5 Å². The van der Waals surface area contributed by atoms with Crippen molar-refractivity contribution >= 4 is 11.8 Å². The van der Waals surface area contributed by atoms with Gasteiger partial charge in [-0.1, -0.05) is 30.3 Å². The predicted octanol–water partition coefficient (Wildman–Crippen LogP) is 5.13. The molecule has 2 unspecified atom stereocenters. The second-order valence-corrected chi connectivity index (χ2v) is 7.66. The first-order valence-electron chi connectivity index (χ1n) is 9.69. The van der Waals surface area contributed by atoms with Gasteiger partial charge in [0.05, 0.1) is 0 Å². The van der Waals surface area contributed by atoms with Gasteiger partial charge in [0.15, 0.2) is 0 Å². The van der Waals surface area contributed by atoms with E-state index in [0.717, 1.165) is 28.3 Å². The number of benzene rings is 2. The quantitative estimate of drug-likeness (QED) is 0.614. The van der Waals surface area contributed by atoms with Gasteiger partial charge in [0, 0.05) is 12.1 Å². The number of anilines is 1. The standard InChI is InChI=1S/C24H24N2O3/c1-16-13-17(2)25-22(14-16)26-21-15-24(3,29-23(21)27)18-9-11-20(12-10-18)28-19-7-5-4-6-8-19/h4-14,21H,15H2,1-3H3,(H,25,26). The maximum atomic E-state index is 12.5. The summed E-state index contributed by atoms with van der Waals surface area (Å²) in [5, 5.41) is 3.23. The Morgan fingerprint density at radius 2 is 1.72 bits per heavy atom. The molecule has 1 fully saturated rings.